The highest BCUT2D eigenvalue weighted by Crippen LogP contribution is 2.27. The van der Waals surface area contributed by atoms with E-state index in [2.05, 4.69) is 0 Å². The highest BCUT2D eigenvalue weighted by Gasteiger charge is 2.07. The molecule has 0 bridgehead atoms. The fourth-order valence-electron chi connectivity index (χ4n) is 2.01. The van der Waals surface area contributed by atoms with Crippen LogP contribution in [0.4, 0.5) is 0 Å². The Bertz CT molecular complexity index is 849. The number of rotatable bonds is 1. The predicted octanol–water partition coefficient (Wildman–Crippen LogP) is 3.34. The van der Waals surface area contributed by atoms with E-state index in [1.54, 1.807) is 18.2 Å². The van der Waals surface area contributed by atoms with Gasteiger partial charge in [0.1, 0.15) is 5.75 Å². The average molecular weight is 270 g/mol. The molecule has 0 N–H and O–H groups in total. The molecule has 3 rings (SSSR count). The molecule has 0 amide bonds. The molecule has 0 aliphatic heterocycles. The maximum Gasteiger partial charge on any atom is 0.308 e. The number of carbonyl (C=O) groups excluding carboxylic acids is 1. The number of hydrogen-bond acceptors (Lipinski definition) is 4. The van der Waals surface area contributed by atoms with Crippen molar-refractivity contribution in [3.8, 4) is 5.75 Å². The van der Waals surface area contributed by atoms with Crippen molar-refractivity contribution < 1.29 is 9.53 Å². The third-order valence-corrected chi connectivity index (χ3v) is 3.94. The number of esters is 1. The second kappa shape index (κ2) is 4.48. The molecule has 2 aromatic carbocycles. The molecule has 0 fully saturated rings. The van der Waals surface area contributed by atoms with Crippen molar-refractivity contribution in [1.29, 1.82) is 0 Å². The molecule has 0 aliphatic rings. The Hall–Kier alpha value is -2.20. The van der Waals surface area contributed by atoms with Crippen LogP contribution in [0.5, 0.6) is 5.75 Å². The van der Waals surface area contributed by atoms with E-state index in [1.807, 2.05) is 24.3 Å². The van der Waals surface area contributed by atoms with E-state index in [0.717, 1.165) is 14.8 Å². The van der Waals surface area contributed by atoms with E-state index >= 15 is 0 Å². The summed E-state index contributed by atoms with van der Waals surface area (Å²) in [5.74, 6) is 0.0958. The molecular formula is C15H10O3S. The summed E-state index contributed by atoms with van der Waals surface area (Å²) in [5.41, 5.74) is 0.0127. The fraction of sp³-hybridized carbons (Fsp3) is 0.0667. The molecule has 94 valence electrons. The van der Waals surface area contributed by atoms with Crippen molar-refractivity contribution >= 4 is 37.5 Å². The molecule has 0 unspecified atom stereocenters. The van der Waals surface area contributed by atoms with Gasteiger partial charge in [0.2, 0.25) is 0 Å². The summed E-state index contributed by atoms with van der Waals surface area (Å²) >= 11 is 1.52. The lowest BCUT2D eigenvalue weighted by molar-refractivity contribution is -0.131. The number of hydrogen-bond donors (Lipinski definition) is 0. The Morgan fingerprint density at radius 2 is 1.79 bits per heavy atom. The van der Waals surface area contributed by atoms with Gasteiger partial charge in [0.15, 0.2) is 5.43 Å². The van der Waals surface area contributed by atoms with E-state index in [-0.39, 0.29) is 11.4 Å². The second-order valence-corrected chi connectivity index (χ2v) is 5.26. The Labute approximate surface area is 113 Å². The second-order valence-electron chi connectivity index (χ2n) is 4.18. The maximum absolute atomic E-state index is 12.3. The molecular weight excluding hydrogens is 260 g/mol. The van der Waals surface area contributed by atoms with Crippen molar-refractivity contribution in [2.45, 2.75) is 6.92 Å². The first-order chi connectivity index (χ1) is 9.15. The minimum absolute atomic E-state index is 0.0127. The van der Waals surface area contributed by atoms with Crippen LogP contribution in [0.25, 0.3) is 20.2 Å². The van der Waals surface area contributed by atoms with Gasteiger partial charge in [0, 0.05) is 27.1 Å². The van der Waals surface area contributed by atoms with Crippen molar-refractivity contribution in [3.05, 3.63) is 52.7 Å². The molecule has 0 saturated heterocycles. The maximum atomic E-state index is 12.3. The third kappa shape index (κ3) is 2.11. The van der Waals surface area contributed by atoms with Crippen molar-refractivity contribution in [3.63, 3.8) is 0 Å². The molecule has 4 heteroatoms. The van der Waals surface area contributed by atoms with E-state index in [9.17, 15) is 9.59 Å². The average Bonchev–Trinajstić information content (AvgIpc) is 2.38. The Kier molecular flexibility index (Phi) is 2.80. The zero-order chi connectivity index (χ0) is 13.4. The van der Waals surface area contributed by atoms with Gasteiger partial charge in [-0.05, 0) is 30.3 Å². The van der Waals surface area contributed by atoms with Crippen LogP contribution in [0.15, 0.2) is 47.3 Å². The van der Waals surface area contributed by atoms with Crippen molar-refractivity contribution in [2.24, 2.45) is 0 Å². The molecule has 19 heavy (non-hydrogen) atoms. The molecule has 1 aromatic heterocycles. The molecule has 0 spiro atoms. The Balaban J connectivity index is 2.32. The Morgan fingerprint density at radius 3 is 2.58 bits per heavy atom. The van der Waals surface area contributed by atoms with Crippen LogP contribution < -0.4 is 10.2 Å². The smallest absolute Gasteiger partial charge is 0.308 e. The van der Waals surface area contributed by atoms with Gasteiger partial charge in [-0.3, -0.25) is 9.59 Å². The number of fused-ring (bicyclic) bond motifs is 2. The lowest BCUT2D eigenvalue weighted by atomic mass is 10.2. The zero-order valence-corrected chi connectivity index (χ0v) is 11.0. The fourth-order valence-corrected chi connectivity index (χ4v) is 3.11. The van der Waals surface area contributed by atoms with E-state index in [0.29, 0.717) is 11.1 Å². The number of ether oxygens (including phenoxy) is 1. The van der Waals surface area contributed by atoms with E-state index < -0.39 is 0 Å². The van der Waals surface area contributed by atoms with Gasteiger partial charge in [-0.1, -0.05) is 12.1 Å². The van der Waals surface area contributed by atoms with Crippen LogP contribution in [0.1, 0.15) is 6.92 Å². The van der Waals surface area contributed by atoms with Gasteiger partial charge in [0.05, 0.1) is 0 Å². The molecule has 0 aliphatic carbocycles. The number of benzene rings is 2. The molecule has 3 aromatic rings. The molecule has 3 nitrogen and oxygen atoms in total. The topological polar surface area (TPSA) is 43.4 Å². The van der Waals surface area contributed by atoms with E-state index in [4.69, 9.17) is 4.74 Å². The lowest BCUT2D eigenvalue weighted by Crippen LogP contribution is -2.03. The zero-order valence-electron chi connectivity index (χ0n) is 10.2. The standard InChI is InChI=1S/C15H10O3S/c1-9(16)18-10-6-7-12-14(8-10)19-13-5-3-2-4-11(13)15(12)17/h2-8H,1H3. The third-order valence-electron chi connectivity index (χ3n) is 2.81. The Morgan fingerprint density at radius 1 is 1.05 bits per heavy atom. The van der Waals surface area contributed by atoms with Crippen LogP contribution in [0, 0.1) is 0 Å². The van der Waals surface area contributed by atoms with E-state index in [1.165, 1.54) is 18.3 Å². The normalized spacial score (nSPS) is 10.8. The van der Waals surface area contributed by atoms with Crippen LogP contribution >= 0.6 is 11.3 Å². The van der Waals surface area contributed by atoms with Crippen LogP contribution in [0.2, 0.25) is 0 Å². The minimum Gasteiger partial charge on any atom is -0.427 e. The first kappa shape index (κ1) is 11.9. The monoisotopic (exact) mass is 270 g/mol. The van der Waals surface area contributed by atoms with Crippen LogP contribution in [0.3, 0.4) is 0 Å². The quantitative estimate of drug-likeness (QED) is 0.387. The largest absolute Gasteiger partial charge is 0.427 e. The molecule has 0 radical (unpaired) electrons. The van der Waals surface area contributed by atoms with Gasteiger partial charge in [-0.15, -0.1) is 11.3 Å². The summed E-state index contributed by atoms with van der Waals surface area (Å²) in [6, 6.07) is 12.6. The SMILES string of the molecule is CC(=O)Oc1ccc2c(=O)c3ccccc3sc2c1. The van der Waals surface area contributed by atoms with Gasteiger partial charge in [0.25, 0.3) is 0 Å². The number of carbonyl (C=O) groups is 1. The van der Waals surface area contributed by atoms with Crippen molar-refractivity contribution in [1.82, 2.24) is 0 Å². The summed E-state index contributed by atoms with van der Waals surface area (Å²) in [5, 5.41) is 1.37. The van der Waals surface area contributed by atoms with Crippen LogP contribution in [-0.4, -0.2) is 5.97 Å². The summed E-state index contributed by atoms with van der Waals surface area (Å²) in [6.07, 6.45) is 0. The summed E-state index contributed by atoms with van der Waals surface area (Å²) in [6.45, 7) is 1.35. The summed E-state index contributed by atoms with van der Waals surface area (Å²) in [4.78, 5) is 23.3. The summed E-state index contributed by atoms with van der Waals surface area (Å²) in [7, 11) is 0. The highest BCUT2D eigenvalue weighted by molar-refractivity contribution is 7.24. The van der Waals surface area contributed by atoms with Gasteiger partial charge in [-0.25, -0.2) is 0 Å². The molecule has 0 saturated carbocycles. The van der Waals surface area contributed by atoms with Crippen LogP contribution in [-0.2, 0) is 4.79 Å². The first-order valence-electron chi connectivity index (χ1n) is 5.79. The minimum atomic E-state index is -0.368. The lowest BCUT2D eigenvalue weighted by Gasteiger charge is -2.04. The van der Waals surface area contributed by atoms with Gasteiger partial charge >= 0.3 is 5.97 Å². The van der Waals surface area contributed by atoms with Crippen molar-refractivity contribution in [2.75, 3.05) is 0 Å². The van der Waals surface area contributed by atoms with Gasteiger partial charge < -0.3 is 4.74 Å². The van der Waals surface area contributed by atoms with Gasteiger partial charge in [-0.2, -0.15) is 0 Å². The first-order valence-corrected chi connectivity index (χ1v) is 6.61. The molecule has 1 heterocycles. The predicted molar refractivity (Wildman–Crippen MR) is 76.9 cm³/mol. The molecule has 0 atom stereocenters. The summed E-state index contributed by atoms with van der Waals surface area (Å²) < 4.78 is 6.79. The highest BCUT2D eigenvalue weighted by atomic mass is 32.1.